The minimum atomic E-state index is -0.771. The number of aliphatic imine (C=N–C) groups is 1. The Morgan fingerprint density at radius 3 is 2.50 bits per heavy atom. The van der Waals surface area contributed by atoms with Crippen LogP contribution in [0.4, 0.5) is 0 Å². The molecule has 1 N–H and O–H groups in total. The Bertz CT molecular complexity index is 206. The Labute approximate surface area is 64.1 Å². The van der Waals surface area contributed by atoms with Gasteiger partial charge in [-0.05, 0) is 25.9 Å². The van der Waals surface area contributed by atoms with Crippen molar-refractivity contribution in [2.75, 3.05) is 0 Å². The Balaban J connectivity index is 4.52. The summed E-state index contributed by atoms with van der Waals surface area (Å²) in [7, 11) is 0. The van der Waals surface area contributed by atoms with Crippen molar-refractivity contribution in [2.24, 2.45) is 4.99 Å². The molecule has 0 saturated heterocycles. The number of hydrogen-bond donors (Lipinski definition) is 1. The molecule has 0 aromatic heterocycles. The van der Waals surface area contributed by atoms with Crippen molar-refractivity contribution in [3.05, 3.63) is 5.57 Å². The molecular weight excluding hydrogens is 150 g/mol. The van der Waals surface area contributed by atoms with Gasteiger partial charge < -0.3 is 5.11 Å². The fourth-order valence-corrected chi connectivity index (χ4v) is 0.707. The van der Waals surface area contributed by atoms with Crippen LogP contribution in [0.2, 0.25) is 0 Å². The monoisotopic (exact) mass is 157 g/mol. The molecule has 3 nitrogen and oxygen atoms in total. The Hall–Kier alpha value is -0.990. The van der Waals surface area contributed by atoms with Crippen LogP contribution in [0.5, 0.6) is 0 Å². The summed E-state index contributed by atoms with van der Waals surface area (Å²) in [5.41, 5.74) is 0.238. The van der Waals surface area contributed by atoms with Gasteiger partial charge in [0.1, 0.15) is 12.0 Å². The number of thiocarbonyl (C=S) groups is 1. The van der Waals surface area contributed by atoms with E-state index in [9.17, 15) is 4.79 Å². The molecule has 0 aliphatic carbocycles. The average Bonchev–Trinajstić information content (AvgIpc) is 1.88. The average molecular weight is 157 g/mol. The smallest absolute Gasteiger partial charge is 0.186 e. The van der Waals surface area contributed by atoms with E-state index in [1.807, 2.05) is 0 Å². The molecule has 0 amide bonds. The van der Waals surface area contributed by atoms with Crippen LogP contribution in [0.3, 0.4) is 0 Å². The highest BCUT2D eigenvalue weighted by Crippen LogP contribution is 2.02. The van der Waals surface area contributed by atoms with E-state index < -0.39 is 6.04 Å². The topological polar surface area (TPSA) is 49.7 Å². The Morgan fingerprint density at radius 1 is 1.90 bits per heavy atom. The lowest BCUT2D eigenvalue weighted by molar-refractivity contribution is 0.539. The van der Waals surface area contributed by atoms with E-state index in [1.165, 1.54) is 6.92 Å². The summed E-state index contributed by atoms with van der Waals surface area (Å²) >= 11 is 4.38. The maximum absolute atomic E-state index is 9.99. The number of aliphatic hydroxyl groups excluding tert-OH is 1. The lowest BCUT2D eigenvalue weighted by Gasteiger charge is -2.03. The van der Waals surface area contributed by atoms with Gasteiger partial charge in [0.2, 0.25) is 0 Å². The van der Waals surface area contributed by atoms with Crippen molar-refractivity contribution in [1.29, 1.82) is 0 Å². The van der Waals surface area contributed by atoms with E-state index >= 15 is 0 Å². The molecule has 0 aromatic carbocycles. The number of rotatable bonds is 3. The van der Waals surface area contributed by atoms with Crippen molar-refractivity contribution in [3.8, 4) is 0 Å². The van der Waals surface area contributed by atoms with Crippen molar-refractivity contribution >= 4 is 29.9 Å². The van der Waals surface area contributed by atoms with Gasteiger partial charge in [0, 0.05) is 5.57 Å². The van der Waals surface area contributed by atoms with Crippen molar-refractivity contribution in [3.63, 3.8) is 0 Å². The van der Waals surface area contributed by atoms with Gasteiger partial charge in [0.05, 0.1) is 0 Å². The molecule has 0 aliphatic heterocycles. The zero-order chi connectivity index (χ0) is 8.15. The summed E-state index contributed by atoms with van der Waals surface area (Å²) in [5.74, 6) is 1.58. The van der Waals surface area contributed by atoms with Gasteiger partial charge in [-0.15, -0.1) is 0 Å². The molecule has 0 rings (SSSR count). The number of nitrogens with zero attached hydrogens (tertiary/aromatic N) is 1. The minimum Gasteiger partial charge on any atom is -0.500 e. The van der Waals surface area contributed by atoms with Crippen LogP contribution in [-0.4, -0.2) is 28.9 Å². The van der Waals surface area contributed by atoms with Gasteiger partial charge in [0.25, 0.3) is 0 Å². The zero-order valence-electron chi connectivity index (χ0n) is 5.50. The minimum absolute atomic E-state index is 0.238. The molecule has 10 heavy (non-hydrogen) atoms. The van der Waals surface area contributed by atoms with Gasteiger partial charge in [-0.2, -0.15) is 0 Å². The van der Waals surface area contributed by atoms with Crippen molar-refractivity contribution in [1.82, 2.24) is 0 Å². The first-order valence-electron chi connectivity index (χ1n) is 2.53. The molecule has 4 heteroatoms. The van der Waals surface area contributed by atoms with Crippen molar-refractivity contribution < 1.29 is 9.90 Å². The Morgan fingerprint density at radius 2 is 2.40 bits per heavy atom. The lowest BCUT2D eigenvalue weighted by Crippen LogP contribution is -2.16. The third-order valence-corrected chi connectivity index (χ3v) is 1.21. The molecular formula is C6H7NO2S. The van der Waals surface area contributed by atoms with Crippen LogP contribution in [0.15, 0.2) is 10.6 Å². The van der Waals surface area contributed by atoms with Crippen LogP contribution >= 0.6 is 12.2 Å². The molecule has 1 atom stereocenters. The molecule has 0 spiro atoms. The standard InChI is InChI=1S/C6H7NO2S/c1-4(3-8)5(7-2)6(9)10/h5H,2H2,1H3,(H,9,10). The second-order valence-electron chi connectivity index (χ2n) is 1.71. The van der Waals surface area contributed by atoms with E-state index in [-0.39, 0.29) is 10.6 Å². The van der Waals surface area contributed by atoms with Crippen LogP contribution in [0, 0.1) is 0 Å². The van der Waals surface area contributed by atoms with Crippen LogP contribution in [-0.2, 0) is 4.79 Å². The molecule has 0 aromatic rings. The quantitative estimate of drug-likeness (QED) is 0.373. The second-order valence-corrected chi connectivity index (χ2v) is 2.13. The summed E-state index contributed by atoms with van der Waals surface area (Å²) in [5, 5.41) is 8.36. The van der Waals surface area contributed by atoms with Crippen LogP contribution in [0.25, 0.3) is 0 Å². The predicted octanol–water partition coefficient (Wildman–Crippen LogP) is 0.719. The summed E-state index contributed by atoms with van der Waals surface area (Å²) in [4.78, 5) is 13.4. The van der Waals surface area contributed by atoms with E-state index in [0.717, 1.165) is 0 Å². The first-order chi connectivity index (χ1) is 4.63. The highest BCUT2D eigenvalue weighted by atomic mass is 32.1. The molecule has 54 valence electrons. The Kier molecular flexibility index (Phi) is 3.54. The second kappa shape index (κ2) is 3.93. The summed E-state index contributed by atoms with van der Waals surface area (Å²) in [6.45, 7) is 4.64. The molecule has 0 fully saturated rings. The van der Waals surface area contributed by atoms with E-state index in [0.29, 0.717) is 0 Å². The fraction of sp³-hybridized carbons (Fsp3) is 0.333. The first kappa shape index (κ1) is 9.01. The molecule has 0 aliphatic rings. The number of carbonyl (C=O) groups excluding carboxylic acids is 1. The van der Waals surface area contributed by atoms with Crippen molar-refractivity contribution in [2.45, 2.75) is 13.0 Å². The van der Waals surface area contributed by atoms with Gasteiger partial charge in [-0.3, -0.25) is 4.99 Å². The summed E-state index contributed by atoms with van der Waals surface area (Å²) in [6.07, 6.45) is 0. The third-order valence-electron chi connectivity index (χ3n) is 0.988. The first-order valence-corrected chi connectivity index (χ1v) is 2.94. The van der Waals surface area contributed by atoms with E-state index in [2.05, 4.69) is 23.9 Å². The molecule has 0 radical (unpaired) electrons. The third kappa shape index (κ3) is 2.09. The van der Waals surface area contributed by atoms with Gasteiger partial charge in [-0.1, -0.05) is 0 Å². The largest absolute Gasteiger partial charge is 0.500 e. The fourth-order valence-electron chi connectivity index (χ4n) is 0.456. The molecule has 1 unspecified atom stereocenters. The maximum atomic E-state index is 9.99. The van der Waals surface area contributed by atoms with Crippen LogP contribution < -0.4 is 0 Å². The predicted molar refractivity (Wildman–Crippen MR) is 43.4 cm³/mol. The number of aliphatic hydroxyl groups is 1. The number of hydrogen-bond acceptors (Lipinski definition) is 3. The summed E-state index contributed by atoms with van der Waals surface area (Å²) < 4.78 is 0. The van der Waals surface area contributed by atoms with Gasteiger partial charge in [0.15, 0.2) is 5.05 Å². The van der Waals surface area contributed by atoms with Gasteiger partial charge in [-0.25, -0.2) is 4.79 Å². The SMILES string of the molecule is C=NC(C(O)=S)C(C)=C=O. The maximum Gasteiger partial charge on any atom is 0.186 e. The molecule has 0 bridgehead atoms. The highest BCUT2D eigenvalue weighted by Gasteiger charge is 2.12. The van der Waals surface area contributed by atoms with Crippen LogP contribution in [0.1, 0.15) is 6.92 Å². The normalized spacial score (nSPS) is 11.3. The lowest BCUT2D eigenvalue weighted by atomic mass is 10.2. The highest BCUT2D eigenvalue weighted by molar-refractivity contribution is 7.80. The zero-order valence-corrected chi connectivity index (χ0v) is 6.31. The molecule has 0 saturated carbocycles. The van der Waals surface area contributed by atoms with E-state index in [4.69, 9.17) is 5.11 Å². The molecule has 0 heterocycles. The van der Waals surface area contributed by atoms with Gasteiger partial charge >= 0.3 is 0 Å². The van der Waals surface area contributed by atoms with E-state index in [1.54, 1.807) is 5.94 Å². The summed E-state index contributed by atoms with van der Waals surface area (Å²) in [6, 6.07) is -0.771.